The van der Waals surface area contributed by atoms with Crippen LogP contribution in [-0.2, 0) is 14.3 Å². The van der Waals surface area contributed by atoms with Crippen molar-refractivity contribution in [1.29, 1.82) is 0 Å². The first kappa shape index (κ1) is 56.6. The molecule has 0 aromatic heterocycles. The quantitative estimate of drug-likeness (QED) is 0.0323. The zero-order chi connectivity index (χ0) is 42.3. The Morgan fingerprint density at radius 3 is 1.22 bits per heavy atom. The van der Waals surface area contributed by atoms with Gasteiger partial charge in [-0.05, 0) is 51.4 Å². The minimum absolute atomic E-state index is 0.0105. The molecule has 0 aromatic carbocycles. The summed E-state index contributed by atoms with van der Waals surface area (Å²) in [5.41, 5.74) is 0. The number of allylic oxidation sites excluding steroid dienone is 2. The van der Waals surface area contributed by atoms with E-state index in [9.17, 15) is 19.8 Å². The Labute approximate surface area is 361 Å². The van der Waals surface area contributed by atoms with E-state index in [1.54, 1.807) is 0 Å². The second-order valence-electron chi connectivity index (χ2n) is 17.9. The maximum Gasteiger partial charge on any atom is 0.305 e. The number of hydrogen-bond acceptors (Lipinski definition) is 5. The molecular formula is C52H101NO5. The molecule has 0 aliphatic rings. The van der Waals surface area contributed by atoms with E-state index in [2.05, 4.69) is 31.3 Å². The predicted molar refractivity (Wildman–Crippen MR) is 250 cm³/mol. The molecule has 0 radical (unpaired) electrons. The van der Waals surface area contributed by atoms with Crippen LogP contribution in [0.1, 0.15) is 284 Å². The first-order valence-corrected chi connectivity index (χ1v) is 25.9. The molecule has 0 aliphatic carbocycles. The van der Waals surface area contributed by atoms with Crippen molar-refractivity contribution in [3.05, 3.63) is 12.2 Å². The fourth-order valence-corrected chi connectivity index (χ4v) is 8.05. The second-order valence-corrected chi connectivity index (χ2v) is 17.9. The summed E-state index contributed by atoms with van der Waals surface area (Å²) in [6.07, 6.45) is 54.6. The summed E-state index contributed by atoms with van der Waals surface area (Å²) in [4.78, 5) is 24.4. The highest BCUT2D eigenvalue weighted by Gasteiger charge is 2.20. The number of nitrogens with one attached hydrogen (secondary N) is 1. The van der Waals surface area contributed by atoms with Gasteiger partial charge >= 0.3 is 5.97 Å². The van der Waals surface area contributed by atoms with Crippen molar-refractivity contribution in [2.75, 3.05) is 13.2 Å². The largest absolute Gasteiger partial charge is 0.466 e. The highest BCUT2D eigenvalue weighted by molar-refractivity contribution is 5.76. The van der Waals surface area contributed by atoms with Crippen LogP contribution in [0.3, 0.4) is 0 Å². The highest BCUT2D eigenvalue weighted by Crippen LogP contribution is 2.16. The van der Waals surface area contributed by atoms with E-state index in [0.717, 1.165) is 51.4 Å². The Morgan fingerprint density at radius 2 is 0.810 bits per heavy atom. The summed E-state index contributed by atoms with van der Waals surface area (Å²) < 4.78 is 5.46. The van der Waals surface area contributed by atoms with E-state index < -0.39 is 12.1 Å². The topological polar surface area (TPSA) is 95.9 Å². The molecule has 0 spiro atoms. The van der Waals surface area contributed by atoms with Crippen LogP contribution in [0.4, 0.5) is 0 Å². The van der Waals surface area contributed by atoms with Gasteiger partial charge in [0.1, 0.15) is 0 Å². The number of hydrogen-bond donors (Lipinski definition) is 3. The molecule has 0 rings (SSSR count). The van der Waals surface area contributed by atoms with Crippen molar-refractivity contribution in [3.63, 3.8) is 0 Å². The maximum absolute atomic E-state index is 12.4. The van der Waals surface area contributed by atoms with Crippen molar-refractivity contribution in [2.45, 2.75) is 296 Å². The van der Waals surface area contributed by atoms with Crippen LogP contribution in [0.25, 0.3) is 0 Å². The number of aliphatic hydroxyl groups is 2. The summed E-state index contributed by atoms with van der Waals surface area (Å²) in [6, 6.07) is -0.548. The van der Waals surface area contributed by atoms with Crippen molar-refractivity contribution in [3.8, 4) is 0 Å². The van der Waals surface area contributed by atoms with E-state index in [1.807, 2.05) is 0 Å². The average Bonchev–Trinajstić information content (AvgIpc) is 3.22. The molecule has 3 N–H and O–H groups in total. The van der Waals surface area contributed by atoms with Crippen LogP contribution in [0.5, 0.6) is 0 Å². The highest BCUT2D eigenvalue weighted by atomic mass is 16.5. The first-order chi connectivity index (χ1) is 28.5. The number of carbonyl (C=O) groups excluding carboxylic acids is 2. The fourth-order valence-electron chi connectivity index (χ4n) is 8.05. The summed E-state index contributed by atoms with van der Waals surface area (Å²) in [5.74, 6) is -0.0559. The Morgan fingerprint density at radius 1 is 0.466 bits per heavy atom. The molecule has 2 unspecified atom stereocenters. The molecule has 0 heterocycles. The Kier molecular flexibility index (Phi) is 47.1. The van der Waals surface area contributed by atoms with Crippen LogP contribution < -0.4 is 5.32 Å². The molecule has 0 saturated carbocycles. The Bertz CT molecular complexity index is 863. The van der Waals surface area contributed by atoms with Gasteiger partial charge in [0, 0.05) is 12.8 Å². The van der Waals surface area contributed by atoms with E-state index in [1.165, 1.54) is 199 Å². The van der Waals surface area contributed by atoms with E-state index in [0.29, 0.717) is 25.9 Å². The maximum atomic E-state index is 12.4. The van der Waals surface area contributed by atoms with E-state index in [4.69, 9.17) is 4.74 Å². The number of aliphatic hydroxyl groups excluding tert-OH is 2. The lowest BCUT2D eigenvalue weighted by Crippen LogP contribution is -2.45. The molecule has 344 valence electrons. The number of unbranched alkanes of at least 4 members (excludes halogenated alkanes) is 35. The van der Waals surface area contributed by atoms with Crippen LogP contribution >= 0.6 is 0 Å². The molecule has 58 heavy (non-hydrogen) atoms. The minimum atomic E-state index is -0.670. The van der Waals surface area contributed by atoms with Crippen LogP contribution in [0.2, 0.25) is 0 Å². The van der Waals surface area contributed by atoms with Gasteiger partial charge in [-0.25, -0.2) is 0 Å². The first-order valence-electron chi connectivity index (χ1n) is 25.9. The lowest BCUT2D eigenvalue weighted by Gasteiger charge is -2.22. The summed E-state index contributed by atoms with van der Waals surface area (Å²) >= 11 is 0. The van der Waals surface area contributed by atoms with Gasteiger partial charge in [0.05, 0.1) is 25.4 Å². The molecule has 0 fully saturated rings. The monoisotopic (exact) mass is 820 g/mol. The van der Waals surface area contributed by atoms with Gasteiger partial charge in [0.2, 0.25) is 5.91 Å². The Balaban J connectivity index is 3.44. The second kappa shape index (κ2) is 48.3. The lowest BCUT2D eigenvalue weighted by atomic mass is 10.0. The standard InChI is InChI=1S/C52H101NO5/c1-3-5-7-9-11-13-15-17-22-26-30-34-38-42-46-52(57)58-47-43-39-35-31-27-23-19-18-21-25-29-33-37-41-45-51(56)53-49(48-54)50(55)44-40-36-32-28-24-20-16-14-12-10-8-6-4-2/h15,17,49-50,54-55H,3-14,16,18-48H2,1-2H3,(H,53,56)/b17-15-. The molecule has 0 aliphatic heterocycles. The number of amides is 1. The molecular weight excluding hydrogens is 719 g/mol. The molecule has 6 nitrogen and oxygen atoms in total. The smallest absolute Gasteiger partial charge is 0.305 e. The zero-order valence-corrected chi connectivity index (χ0v) is 39.0. The third kappa shape index (κ3) is 44.2. The molecule has 0 saturated heterocycles. The number of carbonyl (C=O) groups is 2. The van der Waals surface area contributed by atoms with Crippen molar-refractivity contribution in [2.24, 2.45) is 0 Å². The predicted octanol–water partition coefficient (Wildman–Crippen LogP) is 15.3. The lowest BCUT2D eigenvalue weighted by molar-refractivity contribution is -0.143. The van der Waals surface area contributed by atoms with Gasteiger partial charge in [0.25, 0.3) is 0 Å². The number of ether oxygens (including phenoxy) is 1. The van der Waals surface area contributed by atoms with E-state index >= 15 is 0 Å². The van der Waals surface area contributed by atoms with Crippen LogP contribution in [0, 0.1) is 0 Å². The average molecular weight is 820 g/mol. The normalized spacial score (nSPS) is 12.7. The van der Waals surface area contributed by atoms with Crippen molar-refractivity contribution >= 4 is 11.9 Å². The van der Waals surface area contributed by atoms with Gasteiger partial charge in [-0.15, -0.1) is 0 Å². The Hall–Kier alpha value is -1.40. The zero-order valence-electron chi connectivity index (χ0n) is 39.0. The molecule has 0 bridgehead atoms. The summed E-state index contributed by atoms with van der Waals surface area (Å²) in [5, 5.41) is 23.2. The fraction of sp³-hybridized carbons (Fsp3) is 0.923. The van der Waals surface area contributed by atoms with Gasteiger partial charge in [0.15, 0.2) is 0 Å². The third-order valence-corrected chi connectivity index (χ3v) is 12.1. The van der Waals surface area contributed by atoms with Gasteiger partial charge in [-0.3, -0.25) is 9.59 Å². The summed E-state index contributed by atoms with van der Waals surface area (Å²) in [7, 11) is 0. The van der Waals surface area contributed by atoms with Gasteiger partial charge in [-0.2, -0.15) is 0 Å². The van der Waals surface area contributed by atoms with E-state index in [-0.39, 0.29) is 18.5 Å². The van der Waals surface area contributed by atoms with Crippen LogP contribution in [-0.4, -0.2) is 47.4 Å². The van der Waals surface area contributed by atoms with Gasteiger partial charge in [-0.1, -0.05) is 231 Å². The minimum Gasteiger partial charge on any atom is -0.466 e. The van der Waals surface area contributed by atoms with Crippen LogP contribution in [0.15, 0.2) is 12.2 Å². The molecule has 0 aromatic rings. The molecule has 2 atom stereocenters. The van der Waals surface area contributed by atoms with Crippen molar-refractivity contribution in [1.82, 2.24) is 5.32 Å². The number of esters is 1. The van der Waals surface area contributed by atoms with Crippen molar-refractivity contribution < 1.29 is 24.5 Å². The molecule has 6 heteroatoms. The molecule has 1 amide bonds. The summed E-state index contributed by atoms with van der Waals surface area (Å²) in [6.45, 7) is 4.92. The third-order valence-electron chi connectivity index (χ3n) is 12.1. The van der Waals surface area contributed by atoms with Gasteiger partial charge < -0.3 is 20.3 Å². The SMILES string of the molecule is CCCCCCC/C=C\CCCCCCCC(=O)OCCCCCCCCCCCCCCCCC(=O)NC(CO)C(O)CCCCCCCCCCCCCCC. The number of rotatable bonds is 48.